The number of piperidine rings is 1. The van der Waals surface area contributed by atoms with Gasteiger partial charge in [-0.1, -0.05) is 30.3 Å². The summed E-state index contributed by atoms with van der Waals surface area (Å²) >= 11 is 1.64. The number of thiazole rings is 1. The zero-order chi connectivity index (χ0) is 21.0. The number of benzene rings is 1. The normalized spacial score (nSPS) is 15.6. The molecule has 1 aliphatic heterocycles. The number of hydrogen-bond donors (Lipinski definition) is 1. The average Bonchev–Trinajstić information content (AvgIpc) is 3.29. The molecule has 0 radical (unpaired) electrons. The third kappa shape index (κ3) is 3.87. The number of hydrogen-bond acceptors (Lipinski definition) is 7. The Kier molecular flexibility index (Phi) is 5.94. The van der Waals surface area contributed by atoms with Crippen molar-refractivity contribution >= 4 is 22.4 Å². The van der Waals surface area contributed by atoms with Gasteiger partial charge in [0.2, 0.25) is 0 Å². The molecule has 1 aliphatic rings. The number of likely N-dealkylation sites (tertiary alicyclic amines) is 1. The van der Waals surface area contributed by atoms with Crippen LogP contribution in [0, 0.1) is 0 Å². The SMILES string of the molecule is CCNc1nc(C2(c3ccccc3)CCN(C(=O)c3cnc(OC)nc3)CC2)cs1. The maximum Gasteiger partial charge on any atom is 0.316 e. The second-order valence-electron chi connectivity index (χ2n) is 7.27. The minimum Gasteiger partial charge on any atom is -0.467 e. The van der Waals surface area contributed by atoms with Gasteiger partial charge in [-0.3, -0.25) is 4.79 Å². The standard InChI is InChI=1S/C22H25N5O2S/c1-3-23-21-26-18(15-30-21)22(17-7-5-4-6-8-17)9-11-27(12-10-22)19(28)16-13-24-20(29-2)25-14-16/h4-8,13-15H,3,9-12H2,1-2H3,(H,23,26). The van der Waals surface area contributed by atoms with Gasteiger partial charge in [0.05, 0.1) is 18.4 Å². The molecule has 1 N–H and O–H groups in total. The van der Waals surface area contributed by atoms with Crippen LogP contribution >= 0.6 is 11.3 Å². The molecule has 1 amide bonds. The second kappa shape index (κ2) is 8.79. The summed E-state index contributed by atoms with van der Waals surface area (Å²) in [5, 5.41) is 6.41. The van der Waals surface area contributed by atoms with Crippen LogP contribution < -0.4 is 10.1 Å². The summed E-state index contributed by atoms with van der Waals surface area (Å²) < 4.78 is 4.98. The van der Waals surface area contributed by atoms with E-state index in [4.69, 9.17) is 9.72 Å². The molecule has 0 aliphatic carbocycles. The Hall–Kier alpha value is -3.00. The van der Waals surface area contributed by atoms with E-state index in [1.165, 1.54) is 25.1 Å². The highest BCUT2D eigenvalue weighted by atomic mass is 32.1. The van der Waals surface area contributed by atoms with E-state index in [9.17, 15) is 4.79 Å². The summed E-state index contributed by atoms with van der Waals surface area (Å²) in [5.74, 6) is -0.0501. The molecule has 8 heteroatoms. The van der Waals surface area contributed by atoms with Crippen molar-refractivity contribution < 1.29 is 9.53 Å². The molecule has 0 atom stereocenters. The molecule has 3 aromatic rings. The van der Waals surface area contributed by atoms with E-state index in [2.05, 4.69) is 51.9 Å². The number of carbonyl (C=O) groups excluding carboxylic acids is 1. The van der Waals surface area contributed by atoms with Crippen molar-refractivity contribution in [2.45, 2.75) is 25.2 Å². The first-order chi connectivity index (χ1) is 14.7. The summed E-state index contributed by atoms with van der Waals surface area (Å²) in [6, 6.07) is 10.8. The molecule has 7 nitrogen and oxygen atoms in total. The molecule has 0 spiro atoms. The lowest BCUT2D eigenvalue weighted by molar-refractivity contribution is 0.0683. The zero-order valence-electron chi connectivity index (χ0n) is 17.2. The molecular weight excluding hydrogens is 398 g/mol. The van der Waals surface area contributed by atoms with Crippen LogP contribution in [0.15, 0.2) is 48.1 Å². The lowest BCUT2D eigenvalue weighted by atomic mass is 9.70. The van der Waals surface area contributed by atoms with E-state index in [1.807, 2.05) is 11.0 Å². The third-order valence-corrected chi connectivity index (χ3v) is 6.41. The van der Waals surface area contributed by atoms with Gasteiger partial charge in [0.1, 0.15) is 0 Å². The predicted octanol–water partition coefficient (Wildman–Crippen LogP) is 3.60. The number of methoxy groups -OCH3 is 1. The summed E-state index contributed by atoms with van der Waals surface area (Å²) in [4.78, 5) is 27.8. The van der Waals surface area contributed by atoms with Gasteiger partial charge < -0.3 is 15.0 Å². The predicted molar refractivity (Wildman–Crippen MR) is 117 cm³/mol. The first-order valence-electron chi connectivity index (χ1n) is 10.1. The van der Waals surface area contributed by atoms with Crippen molar-refractivity contribution in [3.63, 3.8) is 0 Å². The molecule has 1 aromatic carbocycles. The average molecular weight is 424 g/mol. The van der Waals surface area contributed by atoms with Crippen molar-refractivity contribution in [3.05, 3.63) is 64.9 Å². The Balaban J connectivity index is 1.57. The Bertz CT molecular complexity index is 982. The van der Waals surface area contributed by atoms with Gasteiger partial charge in [0.25, 0.3) is 5.91 Å². The summed E-state index contributed by atoms with van der Waals surface area (Å²) in [5.41, 5.74) is 2.61. The van der Waals surface area contributed by atoms with Crippen LogP contribution in [0.25, 0.3) is 0 Å². The van der Waals surface area contributed by atoms with Gasteiger partial charge in [0.15, 0.2) is 5.13 Å². The number of rotatable bonds is 6. The monoisotopic (exact) mass is 423 g/mol. The van der Waals surface area contributed by atoms with Crippen LogP contribution in [0.4, 0.5) is 5.13 Å². The van der Waals surface area contributed by atoms with Gasteiger partial charge in [-0.25, -0.2) is 15.0 Å². The number of anilines is 1. The molecule has 156 valence electrons. The maximum atomic E-state index is 13.0. The van der Waals surface area contributed by atoms with Crippen molar-refractivity contribution in [3.8, 4) is 6.01 Å². The van der Waals surface area contributed by atoms with Crippen LogP contribution in [-0.4, -0.2) is 52.5 Å². The molecule has 1 fully saturated rings. The highest BCUT2D eigenvalue weighted by Gasteiger charge is 2.41. The van der Waals surface area contributed by atoms with E-state index < -0.39 is 0 Å². The van der Waals surface area contributed by atoms with Crippen LogP contribution in [0.5, 0.6) is 6.01 Å². The molecule has 4 rings (SSSR count). The molecule has 1 saturated heterocycles. The number of ether oxygens (including phenoxy) is 1. The van der Waals surface area contributed by atoms with Gasteiger partial charge in [-0.05, 0) is 25.3 Å². The Morgan fingerprint density at radius 1 is 1.20 bits per heavy atom. The summed E-state index contributed by atoms with van der Waals surface area (Å²) in [7, 11) is 1.50. The number of nitrogens with zero attached hydrogens (tertiary/aromatic N) is 4. The molecule has 0 bridgehead atoms. The first-order valence-corrected chi connectivity index (χ1v) is 10.9. The number of amides is 1. The van der Waals surface area contributed by atoms with Gasteiger partial charge in [-0.15, -0.1) is 11.3 Å². The number of nitrogens with one attached hydrogen (secondary N) is 1. The minimum atomic E-state index is -0.196. The van der Waals surface area contributed by atoms with Crippen molar-refractivity contribution in [2.75, 3.05) is 32.1 Å². The molecule has 30 heavy (non-hydrogen) atoms. The van der Waals surface area contributed by atoms with Gasteiger partial charge >= 0.3 is 6.01 Å². The Morgan fingerprint density at radius 2 is 1.90 bits per heavy atom. The fraction of sp³-hybridized carbons (Fsp3) is 0.364. The maximum absolute atomic E-state index is 13.0. The van der Waals surface area contributed by atoms with Crippen molar-refractivity contribution in [1.29, 1.82) is 0 Å². The third-order valence-electron chi connectivity index (χ3n) is 5.61. The molecule has 3 heterocycles. The lowest BCUT2D eigenvalue weighted by Crippen LogP contribution is -2.46. The lowest BCUT2D eigenvalue weighted by Gasteiger charge is -2.41. The first kappa shape index (κ1) is 20.3. The van der Waals surface area contributed by atoms with E-state index in [-0.39, 0.29) is 17.3 Å². The van der Waals surface area contributed by atoms with Crippen LogP contribution in [0.1, 0.15) is 41.4 Å². The largest absolute Gasteiger partial charge is 0.467 e. The fourth-order valence-electron chi connectivity index (χ4n) is 3.98. The molecule has 0 saturated carbocycles. The van der Waals surface area contributed by atoms with E-state index in [1.54, 1.807) is 11.3 Å². The van der Waals surface area contributed by atoms with Crippen molar-refractivity contribution in [2.24, 2.45) is 0 Å². The van der Waals surface area contributed by atoms with E-state index in [0.717, 1.165) is 30.2 Å². The summed E-state index contributed by atoms with van der Waals surface area (Å²) in [6.45, 7) is 4.21. The van der Waals surface area contributed by atoms with Gasteiger partial charge in [-0.2, -0.15) is 0 Å². The molecule has 0 unspecified atom stereocenters. The van der Waals surface area contributed by atoms with Gasteiger partial charge in [0, 0.05) is 42.8 Å². The fourth-order valence-corrected chi connectivity index (χ4v) is 4.86. The van der Waals surface area contributed by atoms with Crippen LogP contribution in [-0.2, 0) is 5.41 Å². The number of aromatic nitrogens is 3. The topological polar surface area (TPSA) is 80.2 Å². The highest BCUT2D eigenvalue weighted by Crippen LogP contribution is 2.42. The van der Waals surface area contributed by atoms with Crippen molar-refractivity contribution in [1.82, 2.24) is 19.9 Å². The Labute approximate surface area is 180 Å². The zero-order valence-corrected chi connectivity index (χ0v) is 18.0. The summed E-state index contributed by atoms with van der Waals surface area (Å²) in [6.07, 6.45) is 4.68. The number of carbonyl (C=O) groups is 1. The smallest absolute Gasteiger partial charge is 0.316 e. The van der Waals surface area contributed by atoms with E-state index >= 15 is 0 Å². The highest BCUT2D eigenvalue weighted by molar-refractivity contribution is 7.13. The quantitative estimate of drug-likeness (QED) is 0.653. The van der Waals surface area contributed by atoms with Crippen LogP contribution in [0.2, 0.25) is 0 Å². The van der Waals surface area contributed by atoms with Crippen LogP contribution in [0.3, 0.4) is 0 Å². The van der Waals surface area contributed by atoms with E-state index in [0.29, 0.717) is 18.7 Å². The molecule has 2 aromatic heterocycles. The minimum absolute atomic E-state index is 0.0501. The Morgan fingerprint density at radius 3 is 2.53 bits per heavy atom. The second-order valence-corrected chi connectivity index (χ2v) is 8.13. The molecular formula is C22H25N5O2S.